The normalized spacial score (nSPS) is 17.7. The number of aromatic amines is 1. The van der Waals surface area contributed by atoms with Crippen LogP contribution in [0.15, 0.2) is 43.1 Å². The number of likely N-dealkylation sites (tertiary alicyclic amines) is 1. The molecule has 0 atom stereocenters. The van der Waals surface area contributed by atoms with Crippen LogP contribution < -0.4 is 4.74 Å². The summed E-state index contributed by atoms with van der Waals surface area (Å²) < 4.78 is 143. The van der Waals surface area contributed by atoms with Gasteiger partial charge in [0.25, 0.3) is 0 Å². The van der Waals surface area contributed by atoms with Crippen molar-refractivity contribution in [3.05, 3.63) is 54.4 Å². The fraction of sp³-hybridized carbons (Fsp3) is 0.486. The number of rotatable bonds is 8. The molecule has 6 rings (SSSR count). The Morgan fingerprint density at radius 3 is 1.90 bits per heavy atom. The van der Waals surface area contributed by atoms with E-state index >= 15 is 0 Å². The van der Waals surface area contributed by atoms with Crippen LogP contribution in [0.25, 0.3) is 22.3 Å². The number of ether oxygens (including phenoxy) is 1. The number of nitriles is 1. The first-order valence-electron chi connectivity index (χ1n) is 17.7. The molecule has 1 saturated carbocycles. The van der Waals surface area contributed by atoms with Gasteiger partial charge >= 0.3 is 42.6 Å². The van der Waals surface area contributed by atoms with E-state index in [2.05, 4.69) is 36.0 Å². The molecule has 4 aromatic heterocycles. The molecule has 16 nitrogen and oxygen atoms in total. The SMILES string of the molecule is CN(C)Cc1cc(O[C@H]2CC[C@@H](N3CC(CC#N)(n4cc(-c5ncnc6[nH]ccc56)cn4)C3)CC2)nc(C(F)(F)F)c1.O=C(O)C(F)(F)F.O=C(O)C(F)(F)F.O=C(O)C(F)(F)F. The molecule has 0 radical (unpaired) electrons. The molecule has 0 aromatic carbocycles. The Kier molecular flexibility index (Phi) is 16.5. The van der Waals surface area contributed by atoms with Gasteiger partial charge in [0.2, 0.25) is 5.88 Å². The molecular formula is C35H35F12N9O7. The standard InChI is InChI=1S/C29H32F3N9O.3C2HF3O2/c1-39(2)14-19-11-24(29(30,31)32)38-25(12-19)42-22-5-3-21(4-6-22)40-16-28(17-40,8-9-33)41-15-20(13-37-41)26-23-7-10-34-27(23)36-18-35-26;3*3-2(4,5)1(6)7/h7,10-13,15,18,21-22H,3-6,8,14,16-17H2,1-2H3,(H,34,35,36);3*(H,6,7)/t21-,22+;;;. The van der Waals surface area contributed by atoms with Gasteiger partial charge in [0.15, 0.2) is 0 Å². The minimum atomic E-state index is -5.08. The average molecular weight is 922 g/mol. The lowest BCUT2D eigenvalue weighted by Crippen LogP contribution is -2.65. The Morgan fingerprint density at radius 2 is 1.43 bits per heavy atom. The number of carboxylic acids is 3. The van der Waals surface area contributed by atoms with Crippen molar-refractivity contribution in [2.24, 2.45) is 0 Å². The third kappa shape index (κ3) is 14.7. The largest absolute Gasteiger partial charge is 0.490 e. The molecule has 1 aliphatic heterocycles. The first kappa shape index (κ1) is 51.1. The monoisotopic (exact) mass is 921 g/mol. The van der Waals surface area contributed by atoms with Crippen LogP contribution in [-0.2, 0) is 32.6 Å². The summed E-state index contributed by atoms with van der Waals surface area (Å²) in [5, 5.41) is 36.6. The first-order chi connectivity index (χ1) is 29.0. The quantitative estimate of drug-likeness (QED) is 0.138. The zero-order valence-electron chi connectivity index (χ0n) is 32.4. The summed E-state index contributed by atoms with van der Waals surface area (Å²) in [6, 6.07) is 7.28. The Balaban J connectivity index is 0.000000416. The summed E-state index contributed by atoms with van der Waals surface area (Å²) in [5.74, 6) is -8.25. The highest BCUT2D eigenvalue weighted by Crippen LogP contribution is 2.39. The molecule has 5 heterocycles. The number of fused-ring (bicyclic) bond motifs is 1. The topological polar surface area (TPSA) is 224 Å². The molecular weight excluding hydrogens is 886 g/mol. The Bertz CT molecular complexity index is 2160. The van der Waals surface area contributed by atoms with Crippen molar-refractivity contribution in [1.82, 2.24) is 39.5 Å². The summed E-state index contributed by atoms with van der Waals surface area (Å²) >= 11 is 0. The second kappa shape index (κ2) is 20.3. The molecule has 0 spiro atoms. The number of carboxylic acid groups (broad SMARTS) is 3. The van der Waals surface area contributed by atoms with Gasteiger partial charge in [0, 0.05) is 55.1 Å². The number of halogens is 12. The molecule has 0 amide bonds. The van der Waals surface area contributed by atoms with Crippen LogP contribution in [0.5, 0.6) is 5.88 Å². The van der Waals surface area contributed by atoms with E-state index in [-0.39, 0.29) is 12.0 Å². The molecule has 1 aliphatic carbocycles. The van der Waals surface area contributed by atoms with Crippen molar-refractivity contribution in [3.63, 3.8) is 0 Å². The summed E-state index contributed by atoms with van der Waals surface area (Å²) in [6.07, 6.45) is -9.40. The summed E-state index contributed by atoms with van der Waals surface area (Å²) in [7, 11) is 3.61. The van der Waals surface area contributed by atoms with E-state index in [1.807, 2.05) is 28.0 Å². The average Bonchev–Trinajstić information content (AvgIpc) is 3.83. The number of nitrogens with one attached hydrogen (secondary N) is 1. The van der Waals surface area contributed by atoms with E-state index < -0.39 is 53.8 Å². The van der Waals surface area contributed by atoms with E-state index in [9.17, 15) is 57.9 Å². The van der Waals surface area contributed by atoms with Gasteiger partial charge in [0.05, 0.1) is 24.4 Å². The third-order valence-corrected chi connectivity index (χ3v) is 8.92. The van der Waals surface area contributed by atoms with Crippen LogP contribution in [0, 0.1) is 11.3 Å². The van der Waals surface area contributed by atoms with Crippen molar-refractivity contribution < 1.29 is 87.1 Å². The smallest absolute Gasteiger partial charge is 0.475 e. The molecule has 4 N–H and O–H groups in total. The lowest BCUT2D eigenvalue weighted by molar-refractivity contribution is -0.193. The van der Waals surface area contributed by atoms with Crippen LogP contribution in [0.4, 0.5) is 52.7 Å². The molecule has 1 saturated heterocycles. The number of alkyl halides is 12. The fourth-order valence-corrected chi connectivity index (χ4v) is 6.18. The number of aromatic nitrogens is 6. The highest BCUT2D eigenvalue weighted by molar-refractivity contribution is 5.90. The minimum absolute atomic E-state index is 0.0252. The summed E-state index contributed by atoms with van der Waals surface area (Å²) in [4.78, 5) is 46.5. The van der Waals surface area contributed by atoms with E-state index in [0.29, 0.717) is 37.7 Å². The highest BCUT2D eigenvalue weighted by Gasteiger charge is 2.48. The lowest BCUT2D eigenvalue weighted by atomic mass is 9.82. The van der Waals surface area contributed by atoms with Gasteiger partial charge in [-0.3, -0.25) is 9.58 Å². The van der Waals surface area contributed by atoms with Crippen LogP contribution in [0.1, 0.15) is 43.4 Å². The Morgan fingerprint density at radius 1 is 0.889 bits per heavy atom. The molecule has 28 heteroatoms. The first-order valence-corrected chi connectivity index (χ1v) is 17.7. The number of hydrogen-bond donors (Lipinski definition) is 4. The van der Waals surface area contributed by atoms with Crippen molar-refractivity contribution in [2.75, 3.05) is 27.2 Å². The number of hydrogen-bond acceptors (Lipinski definition) is 11. The zero-order valence-corrected chi connectivity index (χ0v) is 32.4. The molecule has 2 fully saturated rings. The summed E-state index contributed by atoms with van der Waals surface area (Å²) in [5.41, 5.74) is 1.57. The third-order valence-electron chi connectivity index (χ3n) is 8.92. The van der Waals surface area contributed by atoms with Crippen LogP contribution in [-0.4, -0.2) is 131 Å². The van der Waals surface area contributed by atoms with E-state index in [1.54, 1.807) is 26.4 Å². The number of pyridine rings is 1. The molecule has 0 unspecified atom stereocenters. The van der Waals surface area contributed by atoms with E-state index in [1.165, 1.54) is 6.33 Å². The Hall–Kier alpha value is -6.24. The fourth-order valence-electron chi connectivity index (χ4n) is 6.18. The van der Waals surface area contributed by atoms with Crippen molar-refractivity contribution >= 4 is 28.9 Å². The Labute approximate surface area is 346 Å². The van der Waals surface area contributed by atoms with Crippen LogP contribution >= 0.6 is 0 Å². The van der Waals surface area contributed by atoms with Crippen LogP contribution in [0.3, 0.4) is 0 Å². The second-order valence-electron chi connectivity index (χ2n) is 14.0. The van der Waals surface area contributed by atoms with Gasteiger partial charge < -0.3 is 29.9 Å². The minimum Gasteiger partial charge on any atom is -0.475 e. The predicted molar refractivity (Wildman–Crippen MR) is 189 cm³/mol. The van der Waals surface area contributed by atoms with Gasteiger partial charge in [0.1, 0.15) is 29.3 Å². The molecule has 2 aliphatic rings. The van der Waals surface area contributed by atoms with Crippen molar-refractivity contribution in [1.29, 1.82) is 5.26 Å². The highest BCUT2D eigenvalue weighted by atomic mass is 19.4. The predicted octanol–water partition coefficient (Wildman–Crippen LogP) is 6.51. The van der Waals surface area contributed by atoms with Gasteiger partial charge in [-0.2, -0.15) is 63.0 Å². The van der Waals surface area contributed by atoms with E-state index in [0.717, 1.165) is 54.0 Å². The van der Waals surface area contributed by atoms with E-state index in [4.69, 9.17) is 34.4 Å². The van der Waals surface area contributed by atoms with Crippen LogP contribution in [0.2, 0.25) is 0 Å². The summed E-state index contributed by atoms with van der Waals surface area (Å²) in [6.45, 7) is 1.76. The molecule has 0 bridgehead atoms. The molecule has 346 valence electrons. The van der Waals surface area contributed by atoms with Gasteiger partial charge in [-0.05, 0) is 57.5 Å². The molecule has 63 heavy (non-hydrogen) atoms. The maximum atomic E-state index is 13.5. The number of nitrogens with zero attached hydrogens (tertiary/aromatic N) is 8. The maximum Gasteiger partial charge on any atom is 0.490 e. The zero-order chi connectivity index (χ0) is 47.7. The molecule has 4 aromatic rings. The number of carbonyl (C=O) groups is 3. The second-order valence-corrected chi connectivity index (χ2v) is 14.0. The number of H-pyrrole nitrogens is 1. The van der Waals surface area contributed by atoms with Crippen molar-refractivity contribution in [2.45, 2.75) is 81.0 Å². The van der Waals surface area contributed by atoms with Crippen molar-refractivity contribution in [3.8, 4) is 23.2 Å². The maximum absolute atomic E-state index is 13.5. The lowest BCUT2D eigenvalue weighted by Gasteiger charge is -2.53. The number of aliphatic carboxylic acids is 3. The van der Waals surface area contributed by atoms with Gasteiger partial charge in [-0.25, -0.2) is 29.3 Å². The van der Waals surface area contributed by atoms with Gasteiger partial charge in [-0.1, -0.05) is 0 Å². The van der Waals surface area contributed by atoms with Gasteiger partial charge in [-0.15, -0.1) is 0 Å².